The van der Waals surface area contributed by atoms with Crippen molar-refractivity contribution in [2.24, 2.45) is 5.41 Å². The van der Waals surface area contributed by atoms with Gasteiger partial charge >= 0.3 is 0 Å². The third-order valence-corrected chi connectivity index (χ3v) is 6.27. The number of H-pyrrole nitrogens is 1. The molecule has 1 aliphatic carbocycles. The molecule has 132 valence electrons. The number of fused-ring (bicyclic) bond motifs is 4. The van der Waals surface area contributed by atoms with Crippen LogP contribution in [-0.4, -0.2) is 17.4 Å². The molecule has 1 aliphatic heterocycles. The van der Waals surface area contributed by atoms with Crippen molar-refractivity contribution in [1.29, 1.82) is 0 Å². The van der Waals surface area contributed by atoms with E-state index >= 15 is 0 Å². The fourth-order valence-corrected chi connectivity index (χ4v) is 4.80. The first-order valence-electron chi connectivity index (χ1n) is 9.64. The van der Waals surface area contributed by atoms with Gasteiger partial charge in [0.1, 0.15) is 0 Å². The van der Waals surface area contributed by atoms with Crippen LogP contribution in [0, 0.1) is 5.41 Å². The Balaban J connectivity index is 1.52. The van der Waals surface area contributed by atoms with Crippen molar-refractivity contribution in [3.63, 3.8) is 0 Å². The number of nitrogens with zero attached hydrogens (tertiary/aromatic N) is 1. The summed E-state index contributed by atoms with van der Waals surface area (Å²) in [5, 5.41) is 1.28. The Morgan fingerprint density at radius 3 is 2.81 bits per heavy atom. The van der Waals surface area contributed by atoms with Gasteiger partial charge in [-0.2, -0.15) is 0 Å². The number of aromatic nitrogens is 1. The molecule has 2 aliphatic rings. The molecule has 1 N–H and O–H groups in total. The topological polar surface area (TPSA) is 36.1 Å². The molecule has 5 rings (SSSR count). The van der Waals surface area contributed by atoms with Gasteiger partial charge in [-0.1, -0.05) is 43.3 Å². The van der Waals surface area contributed by atoms with E-state index in [9.17, 15) is 4.79 Å². The normalized spacial score (nSPS) is 22.1. The average molecular weight is 344 g/mol. The summed E-state index contributed by atoms with van der Waals surface area (Å²) in [5.74, 6) is 0.292. The van der Waals surface area contributed by atoms with Crippen LogP contribution in [0.1, 0.15) is 36.6 Å². The lowest BCUT2D eigenvalue weighted by Crippen LogP contribution is -2.47. The minimum Gasteiger partial charge on any atom is -0.358 e. The number of aryl methyl sites for hydroxylation is 2. The van der Waals surface area contributed by atoms with Crippen LogP contribution < -0.4 is 4.90 Å². The largest absolute Gasteiger partial charge is 0.358 e. The van der Waals surface area contributed by atoms with Crippen molar-refractivity contribution in [1.82, 2.24) is 4.98 Å². The van der Waals surface area contributed by atoms with Crippen LogP contribution in [0.25, 0.3) is 10.9 Å². The molecule has 1 atom stereocenters. The maximum atomic E-state index is 13.6. The summed E-state index contributed by atoms with van der Waals surface area (Å²) >= 11 is 0. The summed E-state index contributed by atoms with van der Waals surface area (Å²) in [5.41, 5.74) is 5.94. The number of para-hydroxylation sites is 2. The van der Waals surface area contributed by atoms with Crippen molar-refractivity contribution in [3.05, 3.63) is 65.4 Å². The van der Waals surface area contributed by atoms with Gasteiger partial charge in [-0.05, 0) is 55.4 Å². The molecule has 0 fully saturated rings. The summed E-state index contributed by atoms with van der Waals surface area (Å²) in [7, 11) is 0. The average Bonchev–Trinajstić information content (AvgIpc) is 3.04. The van der Waals surface area contributed by atoms with Crippen molar-refractivity contribution in [2.75, 3.05) is 11.4 Å². The van der Waals surface area contributed by atoms with Crippen molar-refractivity contribution in [2.45, 2.75) is 39.0 Å². The van der Waals surface area contributed by atoms with Gasteiger partial charge in [-0.25, -0.2) is 0 Å². The molecular formula is C23H24N2O. The summed E-state index contributed by atoms with van der Waals surface area (Å²) in [4.78, 5) is 19.2. The highest BCUT2D eigenvalue weighted by Crippen LogP contribution is 2.41. The molecule has 26 heavy (non-hydrogen) atoms. The molecule has 0 spiro atoms. The van der Waals surface area contributed by atoms with Gasteiger partial charge in [-0.15, -0.1) is 0 Å². The van der Waals surface area contributed by atoms with Gasteiger partial charge in [0, 0.05) is 28.8 Å². The Labute approximate surface area is 154 Å². The van der Waals surface area contributed by atoms with E-state index in [1.165, 1.54) is 27.7 Å². The number of anilines is 1. The molecule has 0 bridgehead atoms. The molecule has 2 heterocycles. The third kappa shape index (κ3) is 2.30. The summed E-state index contributed by atoms with van der Waals surface area (Å²) in [6.45, 7) is 3.00. The predicted octanol–water partition coefficient (Wildman–Crippen LogP) is 4.64. The second-order valence-corrected chi connectivity index (χ2v) is 8.05. The molecule has 3 nitrogen and oxygen atoms in total. The van der Waals surface area contributed by atoms with Gasteiger partial charge in [0.25, 0.3) is 0 Å². The zero-order chi connectivity index (χ0) is 17.7. The number of carbonyl (C=O) groups excluding carboxylic acids is 1. The monoisotopic (exact) mass is 344 g/mol. The number of aromatic amines is 1. The number of hydrogen-bond acceptors (Lipinski definition) is 1. The zero-order valence-electron chi connectivity index (χ0n) is 15.2. The van der Waals surface area contributed by atoms with E-state index in [4.69, 9.17) is 0 Å². The first kappa shape index (κ1) is 15.7. The molecule has 1 aromatic heterocycles. The SMILES string of the molecule is CC1(C(=O)N2CCCc3ccccc32)CCc2[nH]c3ccccc3c2C1. The van der Waals surface area contributed by atoms with Crippen LogP contribution in [0.2, 0.25) is 0 Å². The van der Waals surface area contributed by atoms with E-state index in [0.717, 1.165) is 44.3 Å². The van der Waals surface area contributed by atoms with Crippen LogP contribution in [0.3, 0.4) is 0 Å². The highest BCUT2D eigenvalue weighted by atomic mass is 16.2. The Kier molecular flexibility index (Phi) is 3.46. The van der Waals surface area contributed by atoms with Crippen molar-refractivity contribution in [3.8, 4) is 0 Å². The van der Waals surface area contributed by atoms with Crippen LogP contribution in [-0.2, 0) is 24.1 Å². The number of carbonyl (C=O) groups is 1. The Morgan fingerprint density at radius 2 is 1.88 bits per heavy atom. The molecule has 0 saturated carbocycles. The molecule has 3 aromatic rings. The molecule has 2 aromatic carbocycles. The zero-order valence-corrected chi connectivity index (χ0v) is 15.2. The van der Waals surface area contributed by atoms with Crippen LogP contribution in [0.5, 0.6) is 0 Å². The lowest BCUT2D eigenvalue weighted by molar-refractivity contribution is -0.128. The van der Waals surface area contributed by atoms with E-state index in [1.54, 1.807) is 0 Å². The second kappa shape index (κ2) is 5.73. The Bertz CT molecular complexity index is 1000. The first-order chi connectivity index (χ1) is 12.7. The first-order valence-corrected chi connectivity index (χ1v) is 9.64. The Morgan fingerprint density at radius 1 is 1.08 bits per heavy atom. The molecule has 0 radical (unpaired) electrons. The predicted molar refractivity (Wildman–Crippen MR) is 106 cm³/mol. The van der Waals surface area contributed by atoms with E-state index < -0.39 is 0 Å². The molecule has 0 saturated heterocycles. The van der Waals surface area contributed by atoms with Crippen molar-refractivity contribution >= 4 is 22.5 Å². The number of rotatable bonds is 1. The highest BCUT2D eigenvalue weighted by molar-refractivity contribution is 5.99. The number of amides is 1. The van der Waals surface area contributed by atoms with Crippen LogP contribution in [0.4, 0.5) is 5.69 Å². The smallest absolute Gasteiger partial charge is 0.233 e. The van der Waals surface area contributed by atoms with Gasteiger partial charge in [-0.3, -0.25) is 4.79 Å². The fraction of sp³-hybridized carbons (Fsp3) is 0.348. The second-order valence-electron chi connectivity index (χ2n) is 8.05. The van der Waals surface area contributed by atoms with Gasteiger partial charge in [0.15, 0.2) is 0 Å². The molecular weight excluding hydrogens is 320 g/mol. The maximum absolute atomic E-state index is 13.6. The number of nitrogens with one attached hydrogen (secondary N) is 1. The number of hydrogen-bond donors (Lipinski definition) is 1. The van der Waals surface area contributed by atoms with E-state index in [-0.39, 0.29) is 5.41 Å². The quantitative estimate of drug-likeness (QED) is 0.686. The fourth-order valence-electron chi connectivity index (χ4n) is 4.80. The standard InChI is InChI=1S/C23H24N2O/c1-23(22(26)25-14-6-8-16-7-2-5-11-21(16)25)13-12-20-18(15-23)17-9-3-4-10-19(17)24-20/h2-5,7,9-11,24H,6,8,12-15H2,1H3. The lowest BCUT2D eigenvalue weighted by Gasteiger charge is -2.39. The number of benzene rings is 2. The maximum Gasteiger partial charge on any atom is 0.233 e. The van der Waals surface area contributed by atoms with E-state index in [2.05, 4.69) is 59.3 Å². The summed E-state index contributed by atoms with van der Waals surface area (Å²) in [6, 6.07) is 16.9. The van der Waals surface area contributed by atoms with Gasteiger partial charge in [0.05, 0.1) is 5.41 Å². The summed E-state index contributed by atoms with van der Waals surface area (Å²) < 4.78 is 0. The van der Waals surface area contributed by atoms with E-state index in [1.807, 2.05) is 6.07 Å². The third-order valence-electron chi connectivity index (χ3n) is 6.27. The highest BCUT2D eigenvalue weighted by Gasteiger charge is 2.41. The minimum atomic E-state index is -0.331. The van der Waals surface area contributed by atoms with E-state index in [0.29, 0.717) is 5.91 Å². The van der Waals surface area contributed by atoms with Crippen LogP contribution >= 0.6 is 0 Å². The lowest BCUT2D eigenvalue weighted by atomic mass is 9.73. The summed E-state index contributed by atoms with van der Waals surface area (Å²) in [6.07, 6.45) is 4.80. The van der Waals surface area contributed by atoms with Gasteiger partial charge in [0.2, 0.25) is 5.91 Å². The van der Waals surface area contributed by atoms with Gasteiger partial charge < -0.3 is 9.88 Å². The minimum absolute atomic E-state index is 0.292. The Hall–Kier alpha value is -2.55. The van der Waals surface area contributed by atoms with Crippen LogP contribution in [0.15, 0.2) is 48.5 Å². The molecule has 1 amide bonds. The molecule has 3 heteroatoms. The van der Waals surface area contributed by atoms with Crippen molar-refractivity contribution < 1.29 is 4.79 Å². The molecule has 1 unspecified atom stereocenters.